The van der Waals surface area contributed by atoms with Crippen molar-refractivity contribution in [2.75, 3.05) is 6.61 Å². The highest BCUT2D eigenvalue weighted by Crippen LogP contribution is 2.32. The summed E-state index contributed by atoms with van der Waals surface area (Å²) in [5.74, 6) is 1.84. The molecule has 1 fully saturated rings. The van der Waals surface area contributed by atoms with E-state index in [0.717, 1.165) is 46.9 Å². The number of halogens is 1. The molecular weight excluding hydrogens is 455 g/mol. The molecule has 5 aromatic rings. The van der Waals surface area contributed by atoms with E-state index in [9.17, 15) is 4.39 Å². The van der Waals surface area contributed by atoms with Gasteiger partial charge in [0.1, 0.15) is 5.82 Å². The quantitative estimate of drug-likeness (QED) is 0.327. The molecule has 1 saturated heterocycles. The topological polar surface area (TPSA) is 94.7 Å². The smallest absolute Gasteiger partial charge is 0.257 e. The van der Waals surface area contributed by atoms with Crippen LogP contribution in [0, 0.1) is 5.82 Å². The number of nitrogens with one attached hydrogen (secondary N) is 1. The first-order chi connectivity index (χ1) is 16.7. The second kappa shape index (κ2) is 9.03. The molecule has 0 bridgehead atoms. The Kier molecular flexibility index (Phi) is 5.60. The SMILES string of the molecule is Fc1ccc(-c2nc(CSc3nnc(-c4c[nH]c5ccccc45)n3CC3CCCO3)no2)cc1. The van der Waals surface area contributed by atoms with Crippen LogP contribution >= 0.6 is 11.8 Å². The lowest BCUT2D eigenvalue weighted by atomic mass is 10.1. The van der Waals surface area contributed by atoms with Crippen molar-refractivity contribution in [3.05, 3.63) is 66.4 Å². The van der Waals surface area contributed by atoms with Crippen molar-refractivity contribution >= 4 is 22.7 Å². The monoisotopic (exact) mass is 476 g/mol. The average Bonchev–Trinajstić information content (AvgIpc) is 3.66. The Labute approximate surface area is 198 Å². The van der Waals surface area contributed by atoms with Gasteiger partial charge >= 0.3 is 0 Å². The molecule has 3 aromatic heterocycles. The number of para-hydroxylation sites is 1. The zero-order valence-electron chi connectivity index (χ0n) is 18.1. The van der Waals surface area contributed by atoms with Crippen molar-refractivity contribution < 1.29 is 13.7 Å². The van der Waals surface area contributed by atoms with Gasteiger partial charge < -0.3 is 14.2 Å². The van der Waals surface area contributed by atoms with Gasteiger partial charge in [-0.05, 0) is 43.2 Å². The molecular formula is C24H21FN6O2S. The molecule has 8 nitrogen and oxygen atoms in total. The number of H-pyrrole nitrogens is 1. The van der Waals surface area contributed by atoms with E-state index in [-0.39, 0.29) is 11.9 Å². The van der Waals surface area contributed by atoms with Crippen molar-refractivity contribution in [1.82, 2.24) is 29.9 Å². The fourth-order valence-corrected chi connectivity index (χ4v) is 4.95. The third kappa shape index (κ3) is 4.10. The van der Waals surface area contributed by atoms with Gasteiger partial charge in [-0.15, -0.1) is 10.2 Å². The molecule has 0 radical (unpaired) electrons. The van der Waals surface area contributed by atoms with E-state index in [0.29, 0.717) is 29.6 Å². The highest BCUT2D eigenvalue weighted by Gasteiger charge is 2.23. The fourth-order valence-electron chi connectivity index (χ4n) is 4.16. The summed E-state index contributed by atoms with van der Waals surface area (Å²) in [5, 5.41) is 15.0. The van der Waals surface area contributed by atoms with Gasteiger partial charge in [-0.1, -0.05) is 35.1 Å². The summed E-state index contributed by atoms with van der Waals surface area (Å²) in [5.41, 5.74) is 2.73. The first-order valence-electron chi connectivity index (χ1n) is 11.1. The van der Waals surface area contributed by atoms with Crippen LogP contribution < -0.4 is 0 Å². The molecule has 34 heavy (non-hydrogen) atoms. The Morgan fingerprint density at radius 3 is 2.85 bits per heavy atom. The van der Waals surface area contributed by atoms with Gasteiger partial charge in [0.25, 0.3) is 5.89 Å². The number of fused-ring (bicyclic) bond motifs is 1. The molecule has 172 valence electrons. The van der Waals surface area contributed by atoms with Crippen LogP contribution in [0.15, 0.2) is 64.4 Å². The predicted molar refractivity (Wildman–Crippen MR) is 126 cm³/mol. The number of aromatic amines is 1. The molecule has 2 aromatic carbocycles. The van der Waals surface area contributed by atoms with E-state index in [1.165, 1.54) is 23.9 Å². The lowest BCUT2D eigenvalue weighted by molar-refractivity contribution is 0.0953. The summed E-state index contributed by atoms with van der Waals surface area (Å²) < 4.78 is 26.6. The number of hydrogen-bond acceptors (Lipinski definition) is 7. The van der Waals surface area contributed by atoms with Crippen molar-refractivity contribution in [3.8, 4) is 22.8 Å². The first kappa shape index (κ1) is 21.1. The minimum Gasteiger partial charge on any atom is -0.376 e. The van der Waals surface area contributed by atoms with Crippen LogP contribution in [0.25, 0.3) is 33.7 Å². The second-order valence-electron chi connectivity index (χ2n) is 8.11. The van der Waals surface area contributed by atoms with Crippen molar-refractivity contribution in [1.29, 1.82) is 0 Å². The molecule has 1 aliphatic rings. The van der Waals surface area contributed by atoms with E-state index < -0.39 is 0 Å². The largest absolute Gasteiger partial charge is 0.376 e. The van der Waals surface area contributed by atoms with E-state index in [4.69, 9.17) is 9.26 Å². The van der Waals surface area contributed by atoms with E-state index >= 15 is 0 Å². The van der Waals surface area contributed by atoms with Gasteiger partial charge in [0.15, 0.2) is 16.8 Å². The lowest BCUT2D eigenvalue weighted by Gasteiger charge is -2.14. The summed E-state index contributed by atoms with van der Waals surface area (Å²) >= 11 is 1.50. The third-order valence-corrected chi connectivity index (χ3v) is 6.81. The van der Waals surface area contributed by atoms with Gasteiger partial charge in [0.05, 0.1) is 18.4 Å². The first-order valence-corrected chi connectivity index (χ1v) is 12.1. The lowest BCUT2D eigenvalue weighted by Crippen LogP contribution is -2.16. The average molecular weight is 477 g/mol. The van der Waals surface area contributed by atoms with E-state index in [1.807, 2.05) is 24.4 Å². The third-order valence-electron chi connectivity index (χ3n) is 5.85. The van der Waals surface area contributed by atoms with E-state index in [2.05, 4.69) is 36.0 Å². The Balaban J connectivity index is 1.27. The van der Waals surface area contributed by atoms with Crippen molar-refractivity contribution in [3.63, 3.8) is 0 Å². The molecule has 0 aliphatic carbocycles. The minimum absolute atomic E-state index is 0.134. The van der Waals surface area contributed by atoms with Crippen molar-refractivity contribution in [2.45, 2.75) is 36.4 Å². The highest BCUT2D eigenvalue weighted by molar-refractivity contribution is 7.98. The molecule has 10 heteroatoms. The molecule has 4 heterocycles. The number of rotatable bonds is 7. The number of hydrogen-bond donors (Lipinski definition) is 1. The standard InChI is InChI=1S/C24H21FN6O2S/c25-16-9-7-15(8-10-16)23-27-21(30-33-23)14-34-24-29-28-22(31(24)13-17-4-3-11-32-17)19-12-26-20-6-2-1-5-18(19)20/h1-2,5-10,12,17,26H,3-4,11,13-14H2. The van der Waals surface area contributed by atoms with Crippen LogP contribution in [0.1, 0.15) is 18.7 Å². The molecule has 1 atom stereocenters. The van der Waals surface area contributed by atoms with E-state index in [1.54, 1.807) is 12.1 Å². The van der Waals surface area contributed by atoms with Crippen LogP contribution in [0.2, 0.25) is 0 Å². The van der Waals surface area contributed by atoms with Gasteiger partial charge in [-0.25, -0.2) is 4.39 Å². The Hall–Kier alpha value is -3.50. The summed E-state index contributed by atoms with van der Waals surface area (Å²) in [6.45, 7) is 1.46. The Morgan fingerprint density at radius 2 is 2.00 bits per heavy atom. The maximum absolute atomic E-state index is 13.2. The maximum atomic E-state index is 13.2. The normalized spacial score (nSPS) is 16.0. The fraction of sp³-hybridized carbons (Fsp3) is 0.250. The number of aromatic nitrogens is 6. The number of nitrogens with zero attached hydrogens (tertiary/aromatic N) is 5. The van der Waals surface area contributed by atoms with Crippen LogP contribution in [0.4, 0.5) is 4.39 Å². The summed E-state index contributed by atoms with van der Waals surface area (Å²) in [6, 6.07) is 14.1. The Bertz CT molecular complexity index is 1420. The van der Waals surface area contributed by atoms with Crippen LogP contribution in [-0.2, 0) is 17.0 Å². The van der Waals surface area contributed by atoms with Gasteiger partial charge in [0, 0.05) is 34.8 Å². The number of ether oxygens (including phenoxy) is 1. The number of benzene rings is 2. The summed E-state index contributed by atoms with van der Waals surface area (Å²) in [4.78, 5) is 7.77. The maximum Gasteiger partial charge on any atom is 0.257 e. The highest BCUT2D eigenvalue weighted by atomic mass is 32.2. The molecule has 1 N–H and O–H groups in total. The molecule has 0 spiro atoms. The van der Waals surface area contributed by atoms with Crippen LogP contribution in [0.5, 0.6) is 0 Å². The Morgan fingerprint density at radius 1 is 1.12 bits per heavy atom. The van der Waals surface area contributed by atoms with Crippen LogP contribution in [-0.4, -0.2) is 42.6 Å². The van der Waals surface area contributed by atoms with Crippen molar-refractivity contribution in [2.24, 2.45) is 0 Å². The summed E-state index contributed by atoms with van der Waals surface area (Å²) in [6.07, 6.45) is 4.19. The molecule has 1 unspecified atom stereocenters. The molecule has 6 rings (SSSR count). The zero-order valence-corrected chi connectivity index (χ0v) is 19.0. The second-order valence-corrected chi connectivity index (χ2v) is 9.05. The number of thioether (sulfide) groups is 1. The minimum atomic E-state index is -0.310. The predicted octanol–water partition coefficient (Wildman–Crippen LogP) is 5.09. The zero-order chi connectivity index (χ0) is 22.9. The van der Waals surface area contributed by atoms with Gasteiger partial charge in [-0.2, -0.15) is 4.98 Å². The van der Waals surface area contributed by atoms with Gasteiger partial charge in [0.2, 0.25) is 0 Å². The molecule has 0 amide bonds. The van der Waals surface area contributed by atoms with Crippen LogP contribution in [0.3, 0.4) is 0 Å². The molecule has 0 saturated carbocycles. The summed E-state index contributed by atoms with van der Waals surface area (Å²) in [7, 11) is 0. The van der Waals surface area contributed by atoms with Gasteiger partial charge in [-0.3, -0.25) is 4.57 Å². The molecule has 1 aliphatic heterocycles.